The van der Waals surface area contributed by atoms with E-state index < -0.39 is 17.5 Å². The maximum atomic E-state index is 12.7. The van der Waals surface area contributed by atoms with Crippen molar-refractivity contribution in [2.75, 3.05) is 26.4 Å². The number of hydrogen-bond donors (Lipinski definition) is 1. The number of amides is 1. The van der Waals surface area contributed by atoms with E-state index in [1.807, 2.05) is 27.7 Å². The first kappa shape index (κ1) is 24.9. The Balaban J connectivity index is 4.34. The Morgan fingerprint density at radius 3 is 1.93 bits per heavy atom. The Bertz CT molecular complexity index is 530. The molecule has 0 fully saturated rings. The Morgan fingerprint density at radius 2 is 1.44 bits per heavy atom. The molecule has 0 aliphatic rings. The minimum atomic E-state index is -0.672. The van der Waals surface area contributed by atoms with Crippen molar-refractivity contribution in [2.45, 2.75) is 54.9 Å². The van der Waals surface area contributed by atoms with E-state index in [-0.39, 0.29) is 43.2 Å². The topological polar surface area (TPSA) is 90.9 Å². The molecule has 0 radical (unpaired) electrons. The van der Waals surface area contributed by atoms with Gasteiger partial charge in [0.2, 0.25) is 0 Å². The van der Waals surface area contributed by atoms with E-state index in [1.165, 1.54) is 0 Å². The summed E-state index contributed by atoms with van der Waals surface area (Å²) in [4.78, 5) is 35.1. The number of rotatable bonds is 9. The number of nitrogens with one attached hydrogen (secondary N) is 1. The summed E-state index contributed by atoms with van der Waals surface area (Å²) >= 11 is 0. The van der Waals surface area contributed by atoms with Gasteiger partial charge in [0.15, 0.2) is 0 Å². The molecule has 27 heavy (non-hydrogen) atoms. The Hall–Kier alpha value is -2.05. The van der Waals surface area contributed by atoms with E-state index in [4.69, 9.17) is 14.2 Å². The summed E-state index contributed by atoms with van der Waals surface area (Å²) in [5.41, 5.74) is -0.979. The molecule has 0 aromatic rings. The van der Waals surface area contributed by atoms with Gasteiger partial charge in [-0.2, -0.15) is 0 Å². The lowest BCUT2D eigenvalue weighted by molar-refractivity contribution is -0.165. The highest BCUT2D eigenvalue weighted by Crippen LogP contribution is 2.47. The number of esters is 2. The second kappa shape index (κ2) is 10.3. The highest BCUT2D eigenvalue weighted by atomic mass is 16.6. The first-order valence-electron chi connectivity index (χ1n) is 9.10. The van der Waals surface area contributed by atoms with E-state index in [9.17, 15) is 14.4 Å². The van der Waals surface area contributed by atoms with Gasteiger partial charge in [0, 0.05) is 6.08 Å². The minimum Gasteiger partial charge on any atom is -0.462 e. The van der Waals surface area contributed by atoms with E-state index in [0.717, 1.165) is 6.08 Å². The van der Waals surface area contributed by atoms with Crippen LogP contribution in [0.25, 0.3) is 0 Å². The predicted molar refractivity (Wildman–Crippen MR) is 103 cm³/mol. The molecule has 1 unspecified atom stereocenters. The minimum absolute atomic E-state index is 0.0195. The SMILES string of the molecule is C=CC(=O)OCCNC(=O)OCCOC(=O)C(C)(CC(C)(C)C)C(C)(C)C. The summed E-state index contributed by atoms with van der Waals surface area (Å²) in [6.45, 7) is 17.6. The number of ether oxygens (including phenoxy) is 3. The summed E-state index contributed by atoms with van der Waals surface area (Å²) < 4.78 is 15.0. The summed E-state index contributed by atoms with van der Waals surface area (Å²) in [5, 5.41) is 2.42. The molecule has 1 N–H and O–H groups in total. The van der Waals surface area contributed by atoms with Crippen molar-refractivity contribution < 1.29 is 28.6 Å². The van der Waals surface area contributed by atoms with Gasteiger partial charge in [-0.1, -0.05) is 48.1 Å². The van der Waals surface area contributed by atoms with Gasteiger partial charge in [0.25, 0.3) is 0 Å². The number of alkyl carbamates (subject to hydrolysis) is 1. The van der Waals surface area contributed by atoms with Crippen molar-refractivity contribution >= 4 is 18.0 Å². The average Bonchev–Trinajstić information content (AvgIpc) is 2.52. The van der Waals surface area contributed by atoms with Crippen LogP contribution in [0.4, 0.5) is 4.79 Å². The molecule has 1 amide bonds. The van der Waals surface area contributed by atoms with Crippen LogP contribution in [0.3, 0.4) is 0 Å². The fourth-order valence-electron chi connectivity index (χ4n) is 2.55. The van der Waals surface area contributed by atoms with Crippen LogP contribution < -0.4 is 5.32 Å². The van der Waals surface area contributed by atoms with Gasteiger partial charge in [0.1, 0.15) is 19.8 Å². The summed E-state index contributed by atoms with van der Waals surface area (Å²) in [5.74, 6) is -0.862. The molecular formula is C20H35NO6. The Morgan fingerprint density at radius 1 is 0.889 bits per heavy atom. The van der Waals surface area contributed by atoms with Crippen LogP contribution >= 0.6 is 0 Å². The second-order valence-corrected chi connectivity index (χ2v) is 8.89. The van der Waals surface area contributed by atoms with Crippen molar-refractivity contribution in [3.05, 3.63) is 12.7 Å². The third-order valence-electron chi connectivity index (χ3n) is 4.32. The smallest absolute Gasteiger partial charge is 0.407 e. The summed E-state index contributed by atoms with van der Waals surface area (Å²) in [6.07, 6.45) is 1.04. The van der Waals surface area contributed by atoms with Crippen LogP contribution in [0.15, 0.2) is 12.7 Å². The van der Waals surface area contributed by atoms with Gasteiger partial charge in [0.05, 0.1) is 12.0 Å². The van der Waals surface area contributed by atoms with Crippen LogP contribution in [0.5, 0.6) is 0 Å². The Kier molecular flexibility index (Phi) is 9.54. The summed E-state index contributed by atoms with van der Waals surface area (Å²) in [7, 11) is 0. The molecule has 0 bridgehead atoms. The van der Waals surface area contributed by atoms with Crippen LogP contribution in [0.1, 0.15) is 54.9 Å². The van der Waals surface area contributed by atoms with E-state index >= 15 is 0 Å². The van der Waals surface area contributed by atoms with Crippen LogP contribution in [-0.4, -0.2) is 44.4 Å². The number of carbonyl (C=O) groups is 3. The van der Waals surface area contributed by atoms with Gasteiger partial charge < -0.3 is 19.5 Å². The van der Waals surface area contributed by atoms with Gasteiger partial charge in [-0.25, -0.2) is 9.59 Å². The maximum Gasteiger partial charge on any atom is 0.407 e. The van der Waals surface area contributed by atoms with E-state index in [1.54, 1.807) is 0 Å². The molecule has 0 saturated carbocycles. The maximum absolute atomic E-state index is 12.7. The van der Waals surface area contributed by atoms with Crippen LogP contribution in [0, 0.1) is 16.2 Å². The largest absolute Gasteiger partial charge is 0.462 e. The average molecular weight is 386 g/mol. The molecule has 0 aromatic heterocycles. The third-order valence-corrected chi connectivity index (χ3v) is 4.32. The molecule has 0 aromatic carbocycles. The molecular weight excluding hydrogens is 350 g/mol. The third kappa shape index (κ3) is 9.45. The normalized spacial score (nSPS) is 13.9. The lowest BCUT2D eigenvalue weighted by Gasteiger charge is -2.43. The fourth-order valence-corrected chi connectivity index (χ4v) is 2.55. The van der Waals surface area contributed by atoms with Gasteiger partial charge in [-0.15, -0.1) is 0 Å². The number of carbonyl (C=O) groups excluding carboxylic acids is 3. The standard InChI is InChI=1S/C20H35NO6/c1-9-15(22)25-11-10-21-17(24)27-13-12-26-16(23)20(8,19(5,6)7)14-18(2,3)4/h9H,1,10-14H2,2-8H3,(H,21,24). The van der Waals surface area contributed by atoms with E-state index in [0.29, 0.717) is 6.42 Å². The molecule has 1 atom stereocenters. The zero-order valence-corrected chi connectivity index (χ0v) is 17.8. The monoisotopic (exact) mass is 385 g/mol. The summed E-state index contributed by atoms with van der Waals surface area (Å²) in [6, 6.07) is 0. The fraction of sp³-hybridized carbons (Fsp3) is 0.750. The van der Waals surface area contributed by atoms with Crippen molar-refractivity contribution in [3.8, 4) is 0 Å². The molecule has 0 rings (SSSR count). The van der Waals surface area contributed by atoms with Crippen molar-refractivity contribution in [3.63, 3.8) is 0 Å². The molecule has 7 nitrogen and oxygen atoms in total. The molecule has 0 spiro atoms. The first-order chi connectivity index (χ1) is 12.2. The van der Waals surface area contributed by atoms with Gasteiger partial charge >= 0.3 is 18.0 Å². The van der Waals surface area contributed by atoms with Crippen LogP contribution in [-0.2, 0) is 23.8 Å². The zero-order chi connectivity index (χ0) is 21.3. The van der Waals surface area contributed by atoms with Crippen molar-refractivity contribution in [1.29, 1.82) is 0 Å². The second-order valence-electron chi connectivity index (χ2n) is 8.89. The first-order valence-corrected chi connectivity index (χ1v) is 9.10. The molecule has 7 heteroatoms. The highest BCUT2D eigenvalue weighted by molar-refractivity contribution is 5.81. The number of hydrogen-bond acceptors (Lipinski definition) is 6. The quantitative estimate of drug-likeness (QED) is 0.283. The molecule has 0 aliphatic carbocycles. The highest BCUT2D eigenvalue weighted by Gasteiger charge is 2.47. The van der Waals surface area contributed by atoms with Crippen molar-refractivity contribution in [1.82, 2.24) is 5.32 Å². The van der Waals surface area contributed by atoms with Crippen molar-refractivity contribution in [2.24, 2.45) is 16.2 Å². The molecule has 0 heterocycles. The van der Waals surface area contributed by atoms with Crippen LogP contribution in [0.2, 0.25) is 0 Å². The molecule has 0 saturated heterocycles. The van der Waals surface area contributed by atoms with Gasteiger partial charge in [-0.05, 0) is 24.2 Å². The molecule has 0 aliphatic heterocycles. The molecule has 156 valence electrons. The Labute approximate surface area is 162 Å². The lowest BCUT2D eigenvalue weighted by Crippen LogP contribution is -2.44. The zero-order valence-electron chi connectivity index (χ0n) is 17.8. The predicted octanol–water partition coefficient (Wildman–Crippen LogP) is 3.47. The van der Waals surface area contributed by atoms with E-state index in [2.05, 4.69) is 32.7 Å². The van der Waals surface area contributed by atoms with Gasteiger partial charge in [-0.3, -0.25) is 4.79 Å². The lowest BCUT2D eigenvalue weighted by atomic mass is 9.61.